The summed E-state index contributed by atoms with van der Waals surface area (Å²) in [7, 11) is 0. The van der Waals surface area contributed by atoms with Crippen LogP contribution in [0.5, 0.6) is 0 Å². The van der Waals surface area contributed by atoms with Gasteiger partial charge in [0.05, 0.1) is 4.88 Å². The summed E-state index contributed by atoms with van der Waals surface area (Å²) < 4.78 is 5.32. The van der Waals surface area contributed by atoms with E-state index < -0.39 is 0 Å². The highest BCUT2D eigenvalue weighted by molar-refractivity contribution is 7.13. The summed E-state index contributed by atoms with van der Waals surface area (Å²) in [6, 6.07) is 4.00. The Kier molecular flexibility index (Phi) is 2.49. The zero-order valence-electron chi connectivity index (χ0n) is 9.01. The molecule has 0 spiro atoms. The van der Waals surface area contributed by atoms with Crippen molar-refractivity contribution < 1.29 is 4.52 Å². The molecular formula is C11H13N3OS. The molecule has 3 heterocycles. The molecule has 1 aliphatic heterocycles. The van der Waals surface area contributed by atoms with E-state index in [0.717, 1.165) is 23.9 Å². The number of nitrogens with zero attached hydrogens (tertiary/aromatic N) is 2. The van der Waals surface area contributed by atoms with E-state index in [2.05, 4.69) is 22.4 Å². The minimum absolute atomic E-state index is 0.350. The van der Waals surface area contributed by atoms with Crippen molar-refractivity contribution in [2.45, 2.75) is 12.8 Å². The van der Waals surface area contributed by atoms with Crippen LogP contribution in [0, 0.1) is 5.92 Å². The average Bonchev–Trinajstić information content (AvgIpc) is 2.86. The van der Waals surface area contributed by atoms with Crippen LogP contribution in [0.3, 0.4) is 0 Å². The maximum Gasteiger partial charge on any atom is 0.230 e. The summed E-state index contributed by atoms with van der Waals surface area (Å²) in [5.41, 5.74) is 0. The SMILES string of the molecule is CC(c1nc(-c2cccs2)no1)C1CNC1. The Bertz CT molecular complexity index is 461. The molecule has 0 aliphatic carbocycles. The molecule has 1 unspecified atom stereocenters. The lowest BCUT2D eigenvalue weighted by Crippen LogP contribution is -2.44. The molecule has 1 atom stereocenters. The predicted molar refractivity (Wildman–Crippen MR) is 62.4 cm³/mol. The summed E-state index contributed by atoms with van der Waals surface area (Å²) in [5, 5.41) is 9.30. The Hall–Kier alpha value is -1.20. The fraction of sp³-hybridized carbons (Fsp3) is 0.455. The van der Waals surface area contributed by atoms with E-state index >= 15 is 0 Å². The summed E-state index contributed by atoms with van der Waals surface area (Å²) in [6.45, 7) is 4.26. The molecule has 3 rings (SSSR count). The van der Waals surface area contributed by atoms with Gasteiger partial charge in [0.1, 0.15) is 0 Å². The lowest BCUT2D eigenvalue weighted by Gasteiger charge is -2.30. The number of hydrogen-bond donors (Lipinski definition) is 1. The molecule has 2 aromatic rings. The molecular weight excluding hydrogens is 222 g/mol. The van der Waals surface area contributed by atoms with Gasteiger partial charge in [-0.15, -0.1) is 11.3 Å². The van der Waals surface area contributed by atoms with Crippen molar-refractivity contribution in [1.29, 1.82) is 0 Å². The standard InChI is InChI=1S/C11H13N3OS/c1-7(8-5-12-6-8)11-13-10(14-15-11)9-3-2-4-16-9/h2-4,7-8,12H,5-6H2,1H3. The average molecular weight is 235 g/mol. The highest BCUT2D eigenvalue weighted by Crippen LogP contribution is 2.28. The van der Waals surface area contributed by atoms with Crippen LogP contribution in [0.25, 0.3) is 10.7 Å². The van der Waals surface area contributed by atoms with Gasteiger partial charge >= 0.3 is 0 Å². The van der Waals surface area contributed by atoms with E-state index in [-0.39, 0.29) is 0 Å². The van der Waals surface area contributed by atoms with Gasteiger partial charge in [0.15, 0.2) is 0 Å². The molecule has 0 aromatic carbocycles. The molecule has 84 valence electrons. The van der Waals surface area contributed by atoms with Crippen molar-refractivity contribution in [3.63, 3.8) is 0 Å². The van der Waals surface area contributed by atoms with Gasteiger partial charge < -0.3 is 9.84 Å². The largest absolute Gasteiger partial charge is 0.339 e. The fourth-order valence-electron chi connectivity index (χ4n) is 1.79. The molecule has 0 saturated carbocycles. The third-order valence-electron chi connectivity index (χ3n) is 3.09. The molecule has 1 saturated heterocycles. The molecule has 16 heavy (non-hydrogen) atoms. The zero-order chi connectivity index (χ0) is 11.0. The Morgan fingerprint density at radius 3 is 3.06 bits per heavy atom. The van der Waals surface area contributed by atoms with Gasteiger partial charge in [0.2, 0.25) is 11.7 Å². The highest BCUT2D eigenvalue weighted by Gasteiger charge is 2.28. The van der Waals surface area contributed by atoms with Gasteiger partial charge in [0, 0.05) is 5.92 Å². The van der Waals surface area contributed by atoms with E-state index in [1.54, 1.807) is 11.3 Å². The zero-order valence-corrected chi connectivity index (χ0v) is 9.83. The molecule has 1 fully saturated rings. The second-order valence-electron chi connectivity index (χ2n) is 4.14. The summed E-state index contributed by atoms with van der Waals surface area (Å²) in [6.07, 6.45) is 0. The first kappa shape index (κ1) is 9.99. The van der Waals surface area contributed by atoms with Gasteiger partial charge in [-0.1, -0.05) is 18.1 Å². The maximum absolute atomic E-state index is 5.32. The molecule has 1 aliphatic rings. The lowest BCUT2D eigenvalue weighted by atomic mass is 9.89. The van der Waals surface area contributed by atoms with Crippen molar-refractivity contribution in [2.75, 3.05) is 13.1 Å². The smallest absolute Gasteiger partial charge is 0.230 e. The first-order chi connectivity index (χ1) is 7.84. The van der Waals surface area contributed by atoms with Crippen LogP contribution in [0.4, 0.5) is 0 Å². The molecule has 4 nitrogen and oxygen atoms in total. The van der Waals surface area contributed by atoms with E-state index in [4.69, 9.17) is 4.52 Å². The summed E-state index contributed by atoms with van der Waals surface area (Å²) in [5.74, 6) is 2.46. The predicted octanol–water partition coefficient (Wildman–Crippen LogP) is 2.12. The second-order valence-corrected chi connectivity index (χ2v) is 5.09. The van der Waals surface area contributed by atoms with Crippen molar-refractivity contribution in [2.24, 2.45) is 5.92 Å². The van der Waals surface area contributed by atoms with Crippen LogP contribution in [0.1, 0.15) is 18.7 Å². The molecule has 0 amide bonds. The summed E-state index contributed by atoms with van der Waals surface area (Å²) in [4.78, 5) is 5.52. The Labute approximate surface area is 97.7 Å². The van der Waals surface area contributed by atoms with Gasteiger partial charge in [-0.2, -0.15) is 4.98 Å². The minimum Gasteiger partial charge on any atom is -0.339 e. The van der Waals surface area contributed by atoms with E-state index in [1.807, 2.05) is 17.5 Å². The van der Waals surface area contributed by atoms with Crippen LogP contribution >= 0.6 is 11.3 Å². The molecule has 2 aromatic heterocycles. The number of hydrogen-bond acceptors (Lipinski definition) is 5. The molecule has 5 heteroatoms. The van der Waals surface area contributed by atoms with Gasteiger partial charge in [-0.05, 0) is 30.5 Å². The third kappa shape index (κ3) is 1.66. The number of thiophene rings is 1. The minimum atomic E-state index is 0.350. The first-order valence-corrected chi connectivity index (χ1v) is 6.31. The lowest BCUT2D eigenvalue weighted by molar-refractivity contribution is 0.252. The Morgan fingerprint density at radius 1 is 1.56 bits per heavy atom. The highest BCUT2D eigenvalue weighted by atomic mass is 32.1. The second kappa shape index (κ2) is 3.99. The number of nitrogens with one attached hydrogen (secondary N) is 1. The van der Waals surface area contributed by atoms with E-state index in [1.165, 1.54) is 0 Å². The molecule has 1 N–H and O–H groups in total. The monoisotopic (exact) mass is 235 g/mol. The van der Waals surface area contributed by atoms with Crippen LogP contribution in [0.2, 0.25) is 0 Å². The van der Waals surface area contributed by atoms with E-state index in [9.17, 15) is 0 Å². The normalized spacial score (nSPS) is 18.3. The fourth-order valence-corrected chi connectivity index (χ4v) is 2.44. The maximum atomic E-state index is 5.32. The van der Waals surface area contributed by atoms with E-state index in [0.29, 0.717) is 17.7 Å². The molecule has 0 radical (unpaired) electrons. The quantitative estimate of drug-likeness (QED) is 0.885. The van der Waals surface area contributed by atoms with Crippen LogP contribution < -0.4 is 5.32 Å². The van der Waals surface area contributed by atoms with Crippen molar-refractivity contribution in [3.8, 4) is 10.7 Å². The number of aromatic nitrogens is 2. The van der Waals surface area contributed by atoms with Crippen molar-refractivity contribution in [1.82, 2.24) is 15.5 Å². The van der Waals surface area contributed by atoms with Crippen molar-refractivity contribution >= 4 is 11.3 Å². The first-order valence-electron chi connectivity index (χ1n) is 5.43. The van der Waals surface area contributed by atoms with Gasteiger partial charge in [-0.25, -0.2) is 0 Å². The van der Waals surface area contributed by atoms with Crippen molar-refractivity contribution in [3.05, 3.63) is 23.4 Å². The van der Waals surface area contributed by atoms with Gasteiger partial charge in [0.25, 0.3) is 0 Å². The third-order valence-corrected chi connectivity index (χ3v) is 3.96. The molecule has 0 bridgehead atoms. The number of rotatable bonds is 3. The van der Waals surface area contributed by atoms with Gasteiger partial charge in [-0.3, -0.25) is 0 Å². The Morgan fingerprint density at radius 2 is 2.44 bits per heavy atom. The Balaban J connectivity index is 1.82. The topological polar surface area (TPSA) is 51.0 Å². The van der Waals surface area contributed by atoms with Crippen LogP contribution in [-0.2, 0) is 0 Å². The van der Waals surface area contributed by atoms with Crippen LogP contribution in [0.15, 0.2) is 22.0 Å². The summed E-state index contributed by atoms with van der Waals surface area (Å²) >= 11 is 1.63. The van der Waals surface area contributed by atoms with Crippen LogP contribution in [-0.4, -0.2) is 23.2 Å².